The fourth-order valence-corrected chi connectivity index (χ4v) is 2.59. The second kappa shape index (κ2) is 5.57. The number of hydrogen-bond acceptors (Lipinski definition) is 4. The normalized spacial score (nSPS) is 10.8. The molecular weight excluding hydrogens is 294 g/mol. The van der Waals surface area contributed by atoms with Crippen molar-refractivity contribution in [3.63, 3.8) is 0 Å². The van der Waals surface area contributed by atoms with Crippen molar-refractivity contribution in [1.82, 2.24) is 19.3 Å². The monoisotopic (exact) mass is 309 g/mol. The van der Waals surface area contributed by atoms with Gasteiger partial charge in [0.05, 0.1) is 23.6 Å². The maximum Gasteiger partial charge on any atom is 0.266 e. The molecule has 116 valence electrons. The number of aromatic amines is 1. The smallest absolute Gasteiger partial charge is 0.266 e. The molecule has 0 atom stereocenters. The number of fused-ring (bicyclic) bond motifs is 1. The number of H-pyrrole nitrogens is 1. The standard InChI is InChI=1S/C16H15N5O2/c1-3-21-10(2)12(8-18-21)9-20-5-4-14-13(16(20)23)6-11(7-17)15(22)19-14/h4-6,8H,3,9H2,1-2H3,(H,19,22). The lowest BCUT2D eigenvalue weighted by Gasteiger charge is -2.07. The molecular formula is C16H15N5O2. The molecule has 0 amide bonds. The summed E-state index contributed by atoms with van der Waals surface area (Å²) in [4.78, 5) is 26.8. The van der Waals surface area contributed by atoms with Crippen molar-refractivity contribution in [3.05, 3.63) is 62.1 Å². The first-order chi connectivity index (χ1) is 11.0. The average Bonchev–Trinajstić information content (AvgIpc) is 2.90. The van der Waals surface area contributed by atoms with Gasteiger partial charge in [0.25, 0.3) is 11.1 Å². The Labute approximate surface area is 131 Å². The Hall–Kier alpha value is -3.14. The third-order valence-corrected chi connectivity index (χ3v) is 3.95. The second-order valence-electron chi connectivity index (χ2n) is 5.27. The van der Waals surface area contributed by atoms with E-state index in [1.807, 2.05) is 18.5 Å². The first-order valence-electron chi connectivity index (χ1n) is 7.23. The van der Waals surface area contributed by atoms with Crippen LogP contribution in [-0.2, 0) is 13.1 Å². The fraction of sp³-hybridized carbons (Fsp3) is 0.250. The van der Waals surface area contributed by atoms with E-state index in [1.165, 1.54) is 6.07 Å². The van der Waals surface area contributed by atoms with E-state index in [4.69, 9.17) is 5.26 Å². The summed E-state index contributed by atoms with van der Waals surface area (Å²) in [5.41, 5.74) is 1.59. The van der Waals surface area contributed by atoms with E-state index in [0.29, 0.717) is 17.4 Å². The van der Waals surface area contributed by atoms with E-state index >= 15 is 0 Å². The number of aryl methyl sites for hydroxylation is 1. The molecule has 3 aromatic heterocycles. The van der Waals surface area contributed by atoms with Crippen LogP contribution in [-0.4, -0.2) is 19.3 Å². The number of aromatic nitrogens is 4. The van der Waals surface area contributed by atoms with Gasteiger partial charge in [0.1, 0.15) is 11.6 Å². The number of nitriles is 1. The zero-order chi connectivity index (χ0) is 16.6. The van der Waals surface area contributed by atoms with Gasteiger partial charge in [-0.05, 0) is 26.0 Å². The van der Waals surface area contributed by atoms with Gasteiger partial charge in [-0.15, -0.1) is 0 Å². The Balaban J connectivity index is 2.12. The number of pyridine rings is 2. The van der Waals surface area contributed by atoms with Crippen LogP contribution in [0.15, 0.2) is 34.1 Å². The Morgan fingerprint density at radius 1 is 1.39 bits per heavy atom. The molecule has 3 aromatic rings. The molecule has 0 aliphatic rings. The summed E-state index contributed by atoms with van der Waals surface area (Å²) in [6.45, 7) is 5.13. The van der Waals surface area contributed by atoms with E-state index in [9.17, 15) is 9.59 Å². The van der Waals surface area contributed by atoms with Gasteiger partial charge >= 0.3 is 0 Å². The van der Waals surface area contributed by atoms with Crippen LogP contribution < -0.4 is 11.1 Å². The van der Waals surface area contributed by atoms with Crippen molar-refractivity contribution in [2.45, 2.75) is 26.9 Å². The summed E-state index contributed by atoms with van der Waals surface area (Å²) < 4.78 is 3.42. The predicted octanol–water partition coefficient (Wildman–Crippen LogP) is 1.13. The molecule has 0 saturated carbocycles. The van der Waals surface area contributed by atoms with Gasteiger partial charge in [0.2, 0.25) is 0 Å². The summed E-state index contributed by atoms with van der Waals surface area (Å²) >= 11 is 0. The minimum Gasteiger partial charge on any atom is -0.321 e. The van der Waals surface area contributed by atoms with Crippen molar-refractivity contribution in [2.24, 2.45) is 0 Å². The molecule has 0 aromatic carbocycles. The molecule has 0 spiro atoms. The van der Waals surface area contributed by atoms with E-state index < -0.39 is 5.56 Å². The molecule has 0 aliphatic carbocycles. The predicted molar refractivity (Wildman–Crippen MR) is 85.3 cm³/mol. The Morgan fingerprint density at radius 2 is 2.17 bits per heavy atom. The zero-order valence-electron chi connectivity index (χ0n) is 12.8. The highest BCUT2D eigenvalue weighted by molar-refractivity contribution is 5.78. The number of nitrogens with zero attached hydrogens (tertiary/aromatic N) is 4. The maximum absolute atomic E-state index is 12.6. The lowest BCUT2D eigenvalue weighted by molar-refractivity contribution is 0.636. The molecule has 23 heavy (non-hydrogen) atoms. The van der Waals surface area contributed by atoms with Gasteiger partial charge < -0.3 is 9.55 Å². The van der Waals surface area contributed by atoms with E-state index in [1.54, 1.807) is 29.1 Å². The Kier molecular flexibility index (Phi) is 3.58. The van der Waals surface area contributed by atoms with E-state index in [2.05, 4.69) is 10.1 Å². The van der Waals surface area contributed by atoms with Gasteiger partial charge in [0.15, 0.2) is 0 Å². The lowest BCUT2D eigenvalue weighted by Crippen LogP contribution is -2.22. The lowest BCUT2D eigenvalue weighted by atomic mass is 10.2. The van der Waals surface area contributed by atoms with Crippen molar-refractivity contribution in [2.75, 3.05) is 0 Å². The molecule has 0 fully saturated rings. The molecule has 0 radical (unpaired) electrons. The molecule has 0 unspecified atom stereocenters. The van der Waals surface area contributed by atoms with Crippen LogP contribution in [0.5, 0.6) is 0 Å². The van der Waals surface area contributed by atoms with Crippen molar-refractivity contribution in [3.8, 4) is 6.07 Å². The molecule has 0 bridgehead atoms. The summed E-state index contributed by atoms with van der Waals surface area (Å²) in [6.07, 6.45) is 3.39. The topological polar surface area (TPSA) is 96.5 Å². The quantitative estimate of drug-likeness (QED) is 0.784. The SMILES string of the molecule is CCn1ncc(Cn2ccc3[nH]c(=O)c(C#N)cc3c2=O)c1C. The zero-order valence-corrected chi connectivity index (χ0v) is 12.8. The summed E-state index contributed by atoms with van der Waals surface area (Å²) in [5.74, 6) is 0. The Morgan fingerprint density at radius 3 is 2.83 bits per heavy atom. The summed E-state index contributed by atoms with van der Waals surface area (Å²) in [7, 11) is 0. The maximum atomic E-state index is 12.6. The minimum atomic E-state index is -0.489. The first kappa shape index (κ1) is 14.8. The van der Waals surface area contributed by atoms with Gasteiger partial charge in [-0.3, -0.25) is 14.3 Å². The van der Waals surface area contributed by atoms with Crippen LogP contribution in [0.3, 0.4) is 0 Å². The molecule has 7 heteroatoms. The first-order valence-corrected chi connectivity index (χ1v) is 7.23. The highest BCUT2D eigenvalue weighted by Gasteiger charge is 2.10. The molecule has 0 saturated heterocycles. The number of rotatable bonds is 3. The van der Waals surface area contributed by atoms with Crippen LogP contribution in [0.4, 0.5) is 0 Å². The van der Waals surface area contributed by atoms with Crippen molar-refractivity contribution < 1.29 is 0 Å². The fourth-order valence-electron chi connectivity index (χ4n) is 2.59. The van der Waals surface area contributed by atoms with Crippen LogP contribution >= 0.6 is 0 Å². The van der Waals surface area contributed by atoms with Crippen LogP contribution in [0, 0.1) is 18.3 Å². The number of nitrogens with one attached hydrogen (secondary N) is 1. The highest BCUT2D eigenvalue weighted by atomic mass is 16.1. The highest BCUT2D eigenvalue weighted by Crippen LogP contribution is 2.10. The van der Waals surface area contributed by atoms with Crippen molar-refractivity contribution in [1.29, 1.82) is 5.26 Å². The van der Waals surface area contributed by atoms with Gasteiger partial charge in [0, 0.05) is 24.0 Å². The summed E-state index contributed by atoms with van der Waals surface area (Å²) in [5, 5.41) is 13.5. The van der Waals surface area contributed by atoms with Crippen LogP contribution in [0.1, 0.15) is 23.7 Å². The average molecular weight is 309 g/mol. The number of hydrogen-bond donors (Lipinski definition) is 1. The van der Waals surface area contributed by atoms with Gasteiger partial charge in [-0.25, -0.2) is 0 Å². The van der Waals surface area contributed by atoms with Gasteiger partial charge in [-0.1, -0.05) is 0 Å². The van der Waals surface area contributed by atoms with Crippen LogP contribution in [0.25, 0.3) is 10.9 Å². The summed E-state index contributed by atoms with van der Waals surface area (Å²) in [6, 6.07) is 4.81. The van der Waals surface area contributed by atoms with E-state index in [0.717, 1.165) is 17.8 Å². The minimum absolute atomic E-state index is 0.0673. The van der Waals surface area contributed by atoms with Crippen molar-refractivity contribution >= 4 is 10.9 Å². The second-order valence-corrected chi connectivity index (χ2v) is 5.27. The largest absolute Gasteiger partial charge is 0.321 e. The van der Waals surface area contributed by atoms with Crippen LogP contribution in [0.2, 0.25) is 0 Å². The Bertz CT molecular complexity index is 1050. The molecule has 7 nitrogen and oxygen atoms in total. The van der Waals surface area contributed by atoms with E-state index in [-0.39, 0.29) is 11.1 Å². The molecule has 0 aliphatic heterocycles. The molecule has 3 heterocycles. The molecule has 3 rings (SSSR count). The third-order valence-electron chi connectivity index (χ3n) is 3.95. The van der Waals surface area contributed by atoms with Gasteiger partial charge in [-0.2, -0.15) is 10.4 Å². The third kappa shape index (κ3) is 2.44. The molecule has 1 N–H and O–H groups in total.